The zero-order valence-corrected chi connectivity index (χ0v) is 9.37. The summed E-state index contributed by atoms with van der Waals surface area (Å²) >= 11 is 1.85. The van der Waals surface area contributed by atoms with Gasteiger partial charge in [0.2, 0.25) is 0 Å². The van der Waals surface area contributed by atoms with Gasteiger partial charge < -0.3 is 0 Å². The van der Waals surface area contributed by atoms with Gasteiger partial charge in [0, 0.05) is 15.7 Å². The molecule has 0 heterocycles. The summed E-state index contributed by atoms with van der Waals surface area (Å²) in [5, 5.41) is 0.584. The fourth-order valence-corrected chi connectivity index (χ4v) is 2.90. The normalized spacial score (nSPS) is 20.1. The van der Waals surface area contributed by atoms with Crippen LogP contribution in [0.15, 0.2) is 41.3 Å². The van der Waals surface area contributed by atoms with Crippen molar-refractivity contribution < 1.29 is 4.79 Å². The molecular formula is C13H14OS. The van der Waals surface area contributed by atoms with E-state index in [1.807, 2.05) is 30.0 Å². The van der Waals surface area contributed by atoms with Crippen LogP contribution in [0.1, 0.15) is 29.6 Å². The lowest BCUT2D eigenvalue weighted by Crippen LogP contribution is -2.01. The minimum Gasteiger partial charge on any atom is -0.298 e. The maximum Gasteiger partial charge on any atom is 0.150 e. The van der Waals surface area contributed by atoms with Gasteiger partial charge in [-0.2, -0.15) is 0 Å². The molecule has 0 saturated heterocycles. The topological polar surface area (TPSA) is 17.1 Å². The number of carbonyl (C=O) groups excluding carboxylic acids is 1. The van der Waals surface area contributed by atoms with Crippen LogP contribution in [-0.2, 0) is 0 Å². The Hall–Kier alpha value is -1.02. The second kappa shape index (κ2) is 5.17. The maximum atomic E-state index is 10.6. The Labute approximate surface area is 94.6 Å². The fourth-order valence-electron chi connectivity index (χ4n) is 1.72. The average Bonchev–Trinajstić information content (AvgIpc) is 2.31. The van der Waals surface area contributed by atoms with Crippen LogP contribution in [0.4, 0.5) is 0 Å². The van der Waals surface area contributed by atoms with E-state index in [0.717, 1.165) is 11.8 Å². The van der Waals surface area contributed by atoms with E-state index in [0.29, 0.717) is 5.25 Å². The van der Waals surface area contributed by atoms with E-state index in [-0.39, 0.29) is 0 Å². The first kappa shape index (κ1) is 10.5. The molecule has 0 fully saturated rings. The molecule has 2 rings (SSSR count). The molecule has 1 nitrogen and oxygen atoms in total. The van der Waals surface area contributed by atoms with Crippen LogP contribution in [0.2, 0.25) is 0 Å². The van der Waals surface area contributed by atoms with Crippen LogP contribution in [0, 0.1) is 0 Å². The summed E-state index contributed by atoms with van der Waals surface area (Å²) in [7, 11) is 0. The lowest BCUT2D eigenvalue weighted by Gasteiger charge is -2.15. The van der Waals surface area contributed by atoms with Crippen LogP contribution in [0.5, 0.6) is 0 Å². The summed E-state index contributed by atoms with van der Waals surface area (Å²) in [5.74, 6) is 0. The zero-order chi connectivity index (χ0) is 10.5. The largest absolute Gasteiger partial charge is 0.298 e. The van der Waals surface area contributed by atoms with E-state index >= 15 is 0 Å². The third-order valence-corrected chi connectivity index (χ3v) is 3.71. The SMILES string of the molecule is O=Cc1cccc(SC2C=CCCC2)c1. The molecule has 0 amide bonds. The molecule has 0 aliphatic heterocycles. The Morgan fingerprint density at radius 2 is 2.33 bits per heavy atom. The van der Waals surface area contributed by atoms with Gasteiger partial charge in [-0.05, 0) is 31.4 Å². The van der Waals surface area contributed by atoms with Gasteiger partial charge in [-0.25, -0.2) is 0 Å². The zero-order valence-electron chi connectivity index (χ0n) is 8.56. The standard InChI is InChI=1S/C13H14OS/c14-10-11-5-4-8-13(9-11)15-12-6-2-1-3-7-12/h2,4-6,8-10,12H,1,3,7H2. The molecule has 0 saturated carbocycles. The number of hydrogen-bond donors (Lipinski definition) is 0. The van der Waals surface area contributed by atoms with Crippen LogP contribution >= 0.6 is 11.8 Å². The van der Waals surface area contributed by atoms with E-state index in [1.165, 1.54) is 24.2 Å². The van der Waals surface area contributed by atoms with Crippen molar-refractivity contribution in [2.75, 3.05) is 0 Å². The molecule has 1 aliphatic rings. The van der Waals surface area contributed by atoms with E-state index in [4.69, 9.17) is 0 Å². The van der Waals surface area contributed by atoms with Crippen molar-refractivity contribution in [2.24, 2.45) is 0 Å². The molecule has 1 unspecified atom stereocenters. The van der Waals surface area contributed by atoms with E-state index in [2.05, 4.69) is 18.2 Å². The smallest absolute Gasteiger partial charge is 0.150 e. The van der Waals surface area contributed by atoms with Gasteiger partial charge in [0.05, 0.1) is 0 Å². The Kier molecular flexibility index (Phi) is 3.62. The molecule has 0 N–H and O–H groups in total. The lowest BCUT2D eigenvalue weighted by atomic mass is 10.1. The minimum atomic E-state index is 0.584. The molecule has 1 aromatic rings. The van der Waals surface area contributed by atoms with Gasteiger partial charge in [-0.15, -0.1) is 11.8 Å². The van der Waals surface area contributed by atoms with E-state index in [1.54, 1.807) is 0 Å². The maximum absolute atomic E-state index is 10.6. The Morgan fingerprint density at radius 1 is 1.40 bits per heavy atom. The van der Waals surface area contributed by atoms with Gasteiger partial charge in [-0.3, -0.25) is 4.79 Å². The number of hydrogen-bond acceptors (Lipinski definition) is 2. The Morgan fingerprint density at radius 3 is 3.07 bits per heavy atom. The van der Waals surface area contributed by atoms with Gasteiger partial charge >= 0.3 is 0 Å². The molecule has 0 aromatic heterocycles. The summed E-state index contributed by atoms with van der Waals surface area (Å²) in [5.41, 5.74) is 0.764. The molecule has 15 heavy (non-hydrogen) atoms. The number of allylic oxidation sites excluding steroid dienone is 1. The van der Waals surface area contributed by atoms with Gasteiger partial charge in [-0.1, -0.05) is 24.3 Å². The predicted octanol–water partition coefficient (Wildman–Crippen LogP) is 3.70. The molecule has 2 heteroatoms. The third-order valence-electron chi connectivity index (χ3n) is 2.49. The summed E-state index contributed by atoms with van der Waals surface area (Å²) in [6.45, 7) is 0. The molecule has 1 aliphatic carbocycles. The number of aldehydes is 1. The highest BCUT2D eigenvalue weighted by molar-refractivity contribution is 8.00. The number of thioether (sulfide) groups is 1. The van der Waals surface area contributed by atoms with Crippen molar-refractivity contribution in [1.82, 2.24) is 0 Å². The minimum absolute atomic E-state index is 0.584. The van der Waals surface area contributed by atoms with Crippen molar-refractivity contribution in [3.8, 4) is 0 Å². The first-order valence-corrected chi connectivity index (χ1v) is 6.15. The van der Waals surface area contributed by atoms with Crippen LogP contribution < -0.4 is 0 Å². The van der Waals surface area contributed by atoms with Gasteiger partial charge in [0.15, 0.2) is 0 Å². The molecule has 1 atom stereocenters. The lowest BCUT2D eigenvalue weighted by molar-refractivity contribution is 0.112. The molecule has 1 aromatic carbocycles. The van der Waals surface area contributed by atoms with Crippen LogP contribution in [0.25, 0.3) is 0 Å². The molecule has 0 spiro atoms. The van der Waals surface area contributed by atoms with Crippen molar-refractivity contribution in [3.05, 3.63) is 42.0 Å². The highest BCUT2D eigenvalue weighted by atomic mass is 32.2. The average molecular weight is 218 g/mol. The Balaban J connectivity index is 2.06. The number of benzene rings is 1. The number of carbonyl (C=O) groups is 1. The first-order valence-electron chi connectivity index (χ1n) is 5.27. The predicted molar refractivity (Wildman–Crippen MR) is 64.5 cm³/mol. The van der Waals surface area contributed by atoms with Crippen molar-refractivity contribution in [2.45, 2.75) is 29.4 Å². The van der Waals surface area contributed by atoms with Crippen LogP contribution in [-0.4, -0.2) is 11.5 Å². The van der Waals surface area contributed by atoms with E-state index in [9.17, 15) is 4.79 Å². The van der Waals surface area contributed by atoms with Crippen LogP contribution in [0.3, 0.4) is 0 Å². The summed E-state index contributed by atoms with van der Waals surface area (Å²) in [4.78, 5) is 11.8. The molecular weight excluding hydrogens is 204 g/mol. The quantitative estimate of drug-likeness (QED) is 0.568. The monoisotopic (exact) mass is 218 g/mol. The van der Waals surface area contributed by atoms with Gasteiger partial charge in [0.25, 0.3) is 0 Å². The second-order valence-electron chi connectivity index (χ2n) is 3.71. The van der Waals surface area contributed by atoms with E-state index < -0.39 is 0 Å². The van der Waals surface area contributed by atoms with Crippen molar-refractivity contribution in [1.29, 1.82) is 0 Å². The molecule has 78 valence electrons. The van der Waals surface area contributed by atoms with Gasteiger partial charge in [0.1, 0.15) is 6.29 Å². The highest BCUT2D eigenvalue weighted by Gasteiger charge is 2.09. The third kappa shape index (κ3) is 2.96. The summed E-state index contributed by atoms with van der Waals surface area (Å²) in [6.07, 6.45) is 9.17. The second-order valence-corrected chi connectivity index (χ2v) is 5.02. The number of rotatable bonds is 3. The van der Waals surface area contributed by atoms with Crippen molar-refractivity contribution in [3.63, 3.8) is 0 Å². The summed E-state index contributed by atoms with van der Waals surface area (Å²) < 4.78 is 0. The fraction of sp³-hybridized carbons (Fsp3) is 0.308. The molecule has 0 radical (unpaired) electrons. The summed E-state index contributed by atoms with van der Waals surface area (Å²) in [6, 6.07) is 7.81. The van der Waals surface area contributed by atoms with Crippen molar-refractivity contribution >= 4 is 18.0 Å². The highest BCUT2D eigenvalue weighted by Crippen LogP contribution is 2.30. The first-order chi connectivity index (χ1) is 7.38. The molecule has 0 bridgehead atoms. The Bertz CT molecular complexity index is 371.